The maximum atomic E-state index is 12.0. The zero-order valence-corrected chi connectivity index (χ0v) is 11.0. The van der Waals surface area contributed by atoms with Gasteiger partial charge in [0, 0.05) is 23.7 Å². The minimum atomic E-state index is -0.115. The standard InChI is InChI=1S/C13H15N3OS/c1-2-5-14-12-8-10(3-6-15-12)13(17)16-11-4-7-18-9-11/h3-4,6-9H,2,5H2,1H3,(H,14,15)(H,16,17). The van der Waals surface area contributed by atoms with Crippen molar-refractivity contribution in [2.24, 2.45) is 0 Å². The van der Waals surface area contributed by atoms with Crippen molar-refractivity contribution in [3.63, 3.8) is 0 Å². The lowest BCUT2D eigenvalue weighted by molar-refractivity contribution is 0.102. The van der Waals surface area contributed by atoms with Crippen molar-refractivity contribution in [1.29, 1.82) is 0 Å². The van der Waals surface area contributed by atoms with Gasteiger partial charge in [-0.25, -0.2) is 4.98 Å². The van der Waals surface area contributed by atoms with Crippen LogP contribution in [0.15, 0.2) is 35.2 Å². The molecule has 0 aromatic carbocycles. The molecule has 1 amide bonds. The number of anilines is 2. The normalized spacial score (nSPS) is 10.1. The van der Waals surface area contributed by atoms with Crippen LogP contribution < -0.4 is 10.6 Å². The summed E-state index contributed by atoms with van der Waals surface area (Å²) in [6.45, 7) is 2.93. The van der Waals surface area contributed by atoms with Gasteiger partial charge in [-0.3, -0.25) is 4.79 Å². The molecule has 0 bridgehead atoms. The van der Waals surface area contributed by atoms with Gasteiger partial charge in [0.05, 0.1) is 5.69 Å². The van der Waals surface area contributed by atoms with E-state index in [1.165, 1.54) is 0 Å². The molecule has 0 atom stereocenters. The van der Waals surface area contributed by atoms with Crippen LogP contribution in [0.1, 0.15) is 23.7 Å². The molecule has 2 aromatic heterocycles. The lowest BCUT2D eigenvalue weighted by Gasteiger charge is -2.06. The highest BCUT2D eigenvalue weighted by Gasteiger charge is 2.07. The van der Waals surface area contributed by atoms with Crippen molar-refractivity contribution in [3.05, 3.63) is 40.7 Å². The summed E-state index contributed by atoms with van der Waals surface area (Å²) in [7, 11) is 0. The second-order valence-electron chi connectivity index (χ2n) is 3.82. The number of thiophene rings is 1. The third kappa shape index (κ3) is 3.30. The van der Waals surface area contributed by atoms with Gasteiger partial charge in [0.15, 0.2) is 0 Å². The molecule has 0 aliphatic heterocycles. The van der Waals surface area contributed by atoms with E-state index in [-0.39, 0.29) is 5.91 Å². The quantitative estimate of drug-likeness (QED) is 0.869. The fourth-order valence-electron chi connectivity index (χ4n) is 1.46. The fourth-order valence-corrected chi connectivity index (χ4v) is 2.05. The van der Waals surface area contributed by atoms with E-state index in [0.717, 1.165) is 24.5 Å². The molecule has 0 unspecified atom stereocenters. The van der Waals surface area contributed by atoms with Gasteiger partial charge in [0.25, 0.3) is 5.91 Å². The molecule has 2 rings (SSSR count). The van der Waals surface area contributed by atoms with E-state index in [1.54, 1.807) is 29.7 Å². The Morgan fingerprint density at radius 3 is 3.06 bits per heavy atom. The molecule has 2 N–H and O–H groups in total. The fraction of sp³-hybridized carbons (Fsp3) is 0.231. The monoisotopic (exact) mass is 261 g/mol. The van der Waals surface area contributed by atoms with Crippen LogP contribution in [0.2, 0.25) is 0 Å². The van der Waals surface area contributed by atoms with E-state index in [9.17, 15) is 4.79 Å². The Morgan fingerprint density at radius 2 is 2.33 bits per heavy atom. The van der Waals surface area contributed by atoms with Gasteiger partial charge < -0.3 is 10.6 Å². The topological polar surface area (TPSA) is 54.0 Å². The van der Waals surface area contributed by atoms with Gasteiger partial charge in [0.1, 0.15) is 5.82 Å². The molecule has 94 valence electrons. The lowest BCUT2D eigenvalue weighted by Crippen LogP contribution is -2.12. The summed E-state index contributed by atoms with van der Waals surface area (Å²) in [6, 6.07) is 5.34. The van der Waals surface area contributed by atoms with Crippen LogP contribution in [0.5, 0.6) is 0 Å². The number of aromatic nitrogens is 1. The number of nitrogens with zero attached hydrogens (tertiary/aromatic N) is 1. The molecule has 0 saturated carbocycles. The molecule has 0 aliphatic rings. The Kier molecular flexibility index (Phi) is 4.30. The summed E-state index contributed by atoms with van der Waals surface area (Å²) < 4.78 is 0. The van der Waals surface area contributed by atoms with Crippen LogP contribution in [0.25, 0.3) is 0 Å². The Balaban J connectivity index is 2.05. The van der Waals surface area contributed by atoms with Crippen LogP contribution in [0, 0.1) is 0 Å². The summed E-state index contributed by atoms with van der Waals surface area (Å²) in [5.41, 5.74) is 1.43. The maximum Gasteiger partial charge on any atom is 0.255 e. The summed E-state index contributed by atoms with van der Waals surface area (Å²) >= 11 is 1.55. The van der Waals surface area contributed by atoms with Gasteiger partial charge in [-0.05, 0) is 30.0 Å². The molecular weight excluding hydrogens is 246 g/mol. The number of rotatable bonds is 5. The average Bonchev–Trinajstić information content (AvgIpc) is 2.89. The van der Waals surface area contributed by atoms with Gasteiger partial charge in [-0.1, -0.05) is 6.92 Å². The summed E-state index contributed by atoms with van der Waals surface area (Å²) in [5.74, 6) is 0.616. The molecule has 0 saturated heterocycles. The highest BCUT2D eigenvalue weighted by Crippen LogP contribution is 2.14. The van der Waals surface area contributed by atoms with Gasteiger partial charge in [-0.15, -0.1) is 0 Å². The Hall–Kier alpha value is -1.88. The van der Waals surface area contributed by atoms with E-state index < -0.39 is 0 Å². The predicted octanol–water partition coefficient (Wildman–Crippen LogP) is 3.22. The van der Waals surface area contributed by atoms with Crippen LogP contribution >= 0.6 is 11.3 Å². The lowest BCUT2D eigenvalue weighted by atomic mass is 10.2. The number of carbonyl (C=O) groups excluding carboxylic acids is 1. The van der Waals surface area contributed by atoms with E-state index in [0.29, 0.717) is 5.56 Å². The SMILES string of the molecule is CCCNc1cc(C(=O)Nc2ccsc2)ccn1. The first-order chi connectivity index (χ1) is 8.79. The van der Waals surface area contributed by atoms with Crippen LogP contribution in [0.4, 0.5) is 11.5 Å². The number of hydrogen-bond donors (Lipinski definition) is 2. The third-order valence-corrected chi connectivity index (χ3v) is 3.04. The van der Waals surface area contributed by atoms with Crippen molar-refractivity contribution in [2.45, 2.75) is 13.3 Å². The minimum Gasteiger partial charge on any atom is -0.370 e. The maximum absolute atomic E-state index is 12.0. The van der Waals surface area contributed by atoms with Crippen molar-refractivity contribution in [3.8, 4) is 0 Å². The van der Waals surface area contributed by atoms with E-state index in [1.807, 2.05) is 16.8 Å². The van der Waals surface area contributed by atoms with E-state index >= 15 is 0 Å². The van der Waals surface area contributed by atoms with Gasteiger partial charge >= 0.3 is 0 Å². The number of amides is 1. The molecule has 0 spiro atoms. The molecule has 0 radical (unpaired) electrons. The molecular formula is C13H15N3OS. The Bertz CT molecular complexity index is 511. The first kappa shape index (κ1) is 12.6. The molecule has 4 nitrogen and oxygen atoms in total. The number of carbonyl (C=O) groups is 1. The zero-order chi connectivity index (χ0) is 12.8. The second-order valence-corrected chi connectivity index (χ2v) is 4.60. The highest BCUT2D eigenvalue weighted by atomic mass is 32.1. The summed E-state index contributed by atoms with van der Waals surface area (Å²) in [4.78, 5) is 16.1. The average molecular weight is 261 g/mol. The Morgan fingerprint density at radius 1 is 1.44 bits per heavy atom. The molecule has 2 aromatic rings. The van der Waals surface area contributed by atoms with Gasteiger partial charge in [-0.2, -0.15) is 11.3 Å². The van der Waals surface area contributed by atoms with Crippen molar-refractivity contribution >= 4 is 28.7 Å². The smallest absolute Gasteiger partial charge is 0.255 e. The van der Waals surface area contributed by atoms with E-state index in [4.69, 9.17) is 0 Å². The molecule has 0 aliphatic carbocycles. The zero-order valence-electron chi connectivity index (χ0n) is 10.1. The predicted molar refractivity (Wildman–Crippen MR) is 75.3 cm³/mol. The first-order valence-corrected chi connectivity index (χ1v) is 6.77. The van der Waals surface area contributed by atoms with Gasteiger partial charge in [0.2, 0.25) is 0 Å². The minimum absolute atomic E-state index is 0.115. The number of nitrogens with one attached hydrogen (secondary N) is 2. The second kappa shape index (κ2) is 6.16. The largest absolute Gasteiger partial charge is 0.370 e. The number of pyridine rings is 1. The molecule has 18 heavy (non-hydrogen) atoms. The number of hydrogen-bond acceptors (Lipinski definition) is 4. The van der Waals surface area contributed by atoms with Crippen LogP contribution in [-0.2, 0) is 0 Å². The summed E-state index contributed by atoms with van der Waals surface area (Å²) in [6.07, 6.45) is 2.66. The van der Waals surface area contributed by atoms with Crippen molar-refractivity contribution < 1.29 is 4.79 Å². The van der Waals surface area contributed by atoms with Crippen LogP contribution in [0.3, 0.4) is 0 Å². The first-order valence-electron chi connectivity index (χ1n) is 5.83. The van der Waals surface area contributed by atoms with Crippen molar-refractivity contribution in [2.75, 3.05) is 17.2 Å². The highest BCUT2D eigenvalue weighted by molar-refractivity contribution is 7.08. The van der Waals surface area contributed by atoms with E-state index in [2.05, 4.69) is 22.5 Å². The third-order valence-electron chi connectivity index (χ3n) is 2.36. The molecule has 2 heterocycles. The van der Waals surface area contributed by atoms with Crippen molar-refractivity contribution in [1.82, 2.24) is 4.98 Å². The molecule has 0 fully saturated rings. The Labute approximate surface area is 110 Å². The summed E-state index contributed by atoms with van der Waals surface area (Å²) in [5, 5.41) is 9.82. The van der Waals surface area contributed by atoms with Crippen LogP contribution in [-0.4, -0.2) is 17.4 Å². The molecule has 5 heteroatoms.